The lowest BCUT2D eigenvalue weighted by Crippen LogP contribution is -2.33. The monoisotopic (exact) mass is 357 g/mol. The van der Waals surface area contributed by atoms with Crippen LogP contribution in [0.3, 0.4) is 0 Å². The van der Waals surface area contributed by atoms with Crippen molar-refractivity contribution in [3.05, 3.63) is 50.7 Å². The number of carbonyl (C=O) groups excluding carboxylic acids is 1. The van der Waals surface area contributed by atoms with E-state index in [0.717, 1.165) is 0 Å². The quantitative estimate of drug-likeness (QED) is 0.827. The Bertz CT molecular complexity index is 680. The molecule has 0 unspecified atom stereocenters. The molecule has 124 valence electrons. The van der Waals surface area contributed by atoms with Crippen molar-refractivity contribution in [2.75, 3.05) is 20.3 Å². The number of nitrogens with two attached hydrogens (primary N) is 1. The van der Waals surface area contributed by atoms with Gasteiger partial charge in [0.05, 0.1) is 6.61 Å². The summed E-state index contributed by atoms with van der Waals surface area (Å²) in [5, 5.41) is 2.65. The first kappa shape index (κ1) is 17.8. The Kier molecular flexibility index (Phi) is 6.47. The molecule has 23 heavy (non-hydrogen) atoms. The normalized spacial score (nSPS) is 10.8. The van der Waals surface area contributed by atoms with Crippen molar-refractivity contribution in [1.82, 2.24) is 9.88 Å². The molecule has 1 heterocycles. The standard InChI is InChI=1S/C15H17ClFN3O2S/c1-22-5-4-20(8-10-2-3-11(17)6-12(10)16)15(21)13-9-23-14(7-18)19-13/h2-3,6,9H,4-5,7-8,18H2,1H3. The molecule has 2 N–H and O–H groups in total. The van der Waals surface area contributed by atoms with E-state index in [2.05, 4.69) is 4.98 Å². The van der Waals surface area contributed by atoms with Crippen LogP contribution >= 0.6 is 22.9 Å². The first-order chi connectivity index (χ1) is 11.0. The van der Waals surface area contributed by atoms with Crippen molar-refractivity contribution < 1.29 is 13.9 Å². The van der Waals surface area contributed by atoms with Crippen LogP contribution in [0.25, 0.3) is 0 Å². The maximum absolute atomic E-state index is 13.1. The van der Waals surface area contributed by atoms with E-state index in [4.69, 9.17) is 22.1 Å². The minimum absolute atomic E-state index is 0.238. The Morgan fingerprint density at radius 3 is 2.91 bits per heavy atom. The minimum atomic E-state index is -0.416. The fourth-order valence-corrected chi connectivity index (χ4v) is 2.85. The van der Waals surface area contributed by atoms with E-state index in [0.29, 0.717) is 36.0 Å². The lowest BCUT2D eigenvalue weighted by atomic mass is 10.2. The second-order valence-electron chi connectivity index (χ2n) is 4.79. The number of thiazole rings is 1. The van der Waals surface area contributed by atoms with Crippen LogP contribution < -0.4 is 5.73 Å². The van der Waals surface area contributed by atoms with Gasteiger partial charge < -0.3 is 15.4 Å². The van der Waals surface area contributed by atoms with Crippen molar-refractivity contribution in [3.8, 4) is 0 Å². The molecule has 0 atom stereocenters. The number of benzene rings is 1. The lowest BCUT2D eigenvalue weighted by Gasteiger charge is -2.22. The van der Waals surface area contributed by atoms with Crippen molar-refractivity contribution in [1.29, 1.82) is 0 Å². The Morgan fingerprint density at radius 2 is 2.30 bits per heavy atom. The van der Waals surface area contributed by atoms with Gasteiger partial charge in [-0.2, -0.15) is 0 Å². The van der Waals surface area contributed by atoms with Crippen molar-refractivity contribution >= 4 is 28.8 Å². The number of nitrogens with zero attached hydrogens (tertiary/aromatic N) is 2. The molecule has 2 rings (SSSR count). The molecular weight excluding hydrogens is 341 g/mol. The lowest BCUT2D eigenvalue weighted by molar-refractivity contribution is 0.0675. The summed E-state index contributed by atoms with van der Waals surface area (Å²) >= 11 is 7.39. The van der Waals surface area contributed by atoms with Crippen LogP contribution in [0.15, 0.2) is 23.6 Å². The van der Waals surface area contributed by atoms with Crippen LogP contribution in [0.4, 0.5) is 4.39 Å². The zero-order valence-corrected chi connectivity index (χ0v) is 14.2. The number of aromatic nitrogens is 1. The van der Waals surface area contributed by atoms with Crippen molar-refractivity contribution in [2.24, 2.45) is 5.73 Å². The van der Waals surface area contributed by atoms with Crippen LogP contribution in [0.5, 0.6) is 0 Å². The highest BCUT2D eigenvalue weighted by atomic mass is 35.5. The predicted molar refractivity (Wildman–Crippen MR) is 88.0 cm³/mol. The molecule has 0 bridgehead atoms. The third-order valence-electron chi connectivity index (χ3n) is 3.17. The summed E-state index contributed by atoms with van der Waals surface area (Å²) in [6, 6.07) is 4.11. The highest BCUT2D eigenvalue weighted by molar-refractivity contribution is 7.09. The zero-order valence-electron chi connectivity index (χ0n) is 12.6. The Hall–Kier alpha value is -1.54. The van der Waals surface area contributed by atoms with Gasteiger partial charge in [-0.3, -0.25) is 4.79 Å². The molecule has 0 aliphatic heterocycles. The first-order valence-corrected chi connectivity index (χ1v) is 8.17. The molecular formula is C15H17ClFN3O2S. The van der Waals surface area contributed by atoms with Gasteiger partial charge in [0, 0.05) is 37.1 Å². The van der Waals surface area contributed by atoms with Crippen molar-refractivity contribution in [2.45, 2.75) is 13.1 Å². The second kappa shape index (κ2) is 8.35. The van der Waals surface area contributed by atoms with E-state index in [1.165, 1.54) is 23.5 Å². The molecule has 1 amide bonds. The highest BCUT2D eigenvalue weighted by Gasteiger charge is 2.20. The fraction of sp³-hybridized carbons (Fsp3) is 0.333. The number of carbonyl (C=O) groups is 1. The number of hydrogen-bond donors (Lipinski definition) is 1. The van der Waals surface area contributed by atoms with E-state index < -0.39 is 5.82 Å². The molecule has 0 saturated heterocycles. The van der Waals surface area contributed by atoms with E-state index >= 15 is 0 Å². The highest BCUT2D eigenvalue weighted by Crippen LogP contribution is 2.20. The van der Waals surface area contributed by atoms with Gasteiger partial charge in [0.2, 0.25) is 0 Å². The van der Waals surface area contributed by atoms with Crippen LogP contribution in [-0.2, 0) is 17.8 Å². The van der Waals surface area contributed by atoms with E-state index in [1.807, 2.05) is 0 Å². The third kappa shape index (κ3) is 4.71. The molecule has 1 aromatic heterocycles. The summed E-state index contributed by atoms with van der Waals surface area (Å²) in [7, 11) is 1.56. The fourth-order valence-electron chi connectivity index (χ4n) is 1.97. The number of ether oxygens (including phenoxy) is 1. The molecule has 0 fully saturated rings. The smallest absolute Gasteiger partial charge is 0.273 e. The number of halogens is 2. The van der Waals surface area contributed by atoms with Gasteiger partial charge in [0.25, 0.3) is 5.91 Å². The molecule has 0 aliphatic carbocycles. The van der Waals surface area contributed by atoms with Crippen molar-refractivity contribution in [3.63, 3.8) is 0 Å². The van der Waals surface area contributed by atoms with E-state index in [1.54, 1.807) is 23.5 Å². The van der Waals surface area contributed by atoms with E-state index in [-0.39, 0.29) is 17.5 Å². The first-order valence-electron chi connectivity index (χ1n) is 6.91. The number of amides is 1. The van der Waals surface area contributed by atoms with Crippen LogP contribution in [0.2, 0.25) is 5.02 Å². The van der Waals surface area contributed by atoms with E-state index in [9.17, 15) is 9.18 Å². The SMILES string of the molecule is COCCN(Cc1ccc(F)cc1Cl)C(=O)c1csc(CN)n1. The predicted octanol–water partition coefficient (Wildman–Crippen LogP) is 2.68. The molecule has 2 aromatic rings. The summed E-state index contributed by atoms with van der Waals surface area (Å²) in [6.45, 7) is 1.29. The molecule has 8 heteroatoms. The average Bonchev–Trinajstić information content (AvgIpc) is 3.01. The summed E-state index contributed by atoms with van der Waals surface area (Å²) in [5.74, 6) is -0.654. The largest absolute Gasteiger partial charge is 0.383 e. The van der Waals surface area contributed by atoms with Crippen LogP contribution in [0.1, 0.15) is 21.1 Å². The minimum Gasteiger partial charge on any atom is -0.383 e. The third-order valence-corrected chi connectivity index (χ3v) is 4.40. The van der Waals surface area contributed by atoms with Gasteiger partial charge >= 0.3 is 0 Å². The summed E-state index contributed by atoms with van der Waals surface area (Å²) in [4.78, 5) is 18.4. The average molecular weight is 358 g/mol. The number of rotatable bonds is 7. The maximum atomic E-state index is 13.1. The number of hydrogen-bond acceptors (Lipinski definition) is 5. The van der Waals surface area contributed by atoms with Gasteiger partial charge in [-0.15, -0.1) is 11.3 Å². The van der Waals surface area contributed by atoms with Gasteiger partial charge in [-0.05, 0) is 17.7 Å². The summed E-state index contributed by atoms with van der Waals surface area (Å²) in [5.41, 5.74) is 6.52. The molecule has 5 nitrogen and oxygen atoms in total. The van der Waals surface area contributed by atoms with Gasteiger partial charge in [0.15, 0.2) is 0 Å². The van der Waals surface area contributed by atoms with Gasteiger partial charge in [-0.1, -0.05) is 17.7 Å². The molecule has 1 aromatic carbocycles. The number of methoxy groups -OCH3 is 1. The summed E-state index contributed by atoms with van der Waals surface area (Å²) < 4.78 is 18.2. The topological polar surface area (TPSA) is 68.5 Å². The van der Waals surface area contributed by atoms with Gasteiger partial charge in [-0.25, -0.2) is 9.37 Å². The second-order valence-corrected chi connectivity index (χ2v) is 6.14. The Morgan fingerprint density at radius 1 is 1.52 bits per heavy atom. The van der Waals surface area contributed by atoms with Gasteiger partial charge in [0.1, 0.15) is 16.5 Å². The molecule has 0 radical (unpaired) electrons. The molecule has 0 spiro atoms. The Balaban J connectivity index is 2.20. The Labute approximate surface area is 142 Å². The maximum Gasteiger partial charge on any atom is 0.273 e. The summed E-state index contributed by atoms with van der Waals surface area (Å²) in [6.07, 6.45) is 0. The zero-order chi connectivity index (χ0) is 16.8. The van der Waals surface area contributed by atoms with Crippen LogP contribution in [-0.4, -0.2) is 36.1 Å². The molecule has 0 saturated carbocycles. The molecule has 0 aliphatic rings. The van der Waals surface area contributed by atoms with Crippen LogP contribution in [0, 0.1) is 5.82 Å².